The first-order valence-corrected chi connectivity index (χ1v) is 33.6. The first-order valence-electron chi connectivity index (χ1n) is 33.6. The van der Waals surface area contributed by atoms with E-state index in [9.17, 15) is 43.2 Å². The largest absolute Gasteiger partial charge is 0.415 e. The van der Waals surface area contributed by atoms with Crippen molar-refractivity contribution in [2.24, 2.45) is 16.2 Å². The monoisotopic (exact) mass is 1390 g/mol. The molecule has 6 amide bonds. The maximum Gasteiger partial charge on any atom is 0.415 e. The lowest BCUT2D eigenvalue weighted by Gasteiger charge is -2.31. The Hall–Kier alpha value is -11.2. The molecule has 9 heterocycles. The molecule has 0 unspecified atom stereocenters. The summed E-state index contributed by atoms with van der Waals surface area (Å²) in [6.07, 6.45) is 5.34. The first kappa shape index (κ1) is 73.6. The van der Waals surface area contributed by atoms with E-state index in [2.05, 4.69) is 55.6 Å². The molecule has 0 atom stereocenters. The number of hydrogen-bond acceptors (Lipinski definition) is 18. The van der Waals surface area contributed by atoms with Gasteiger partial charge in [-0.1, -0.05) is 62.3 Å². The summed E-state index contributed by atoms with van der Waals surface area (Å²) in [6.45, 7) is 25.4. The van der Waals surface area contributed by atoms with Gasteiger partial charge in [-0.15, -0.1) is 0 Å². The summed E-state index contributed by atoms with van der Waals surface area (Å²) in [7, 11) is 6.05. The van der Waals surface area contributed by atoms with E-state index < -0.39 is 22.3 Å². The molecule has 0 aliphatic carbocycles. The minimum atomic E-state index is -0.528. The predicted octanol–water partition coefficient (Wildman–Crippen LogP) is 11.1. The Morgan fingerprint density at radius 1 is 0.412 bits per heavy atom. The number of nitrogens with zero attached hydrogens (tertiary/aromatic N) is 10. The number of hydrogen-bond donors (Lipinski definition) is 5. The van der Waals surface area contributed by atoms with Crippen LogP contribution in [0.3, 0.4) is 0 Å². The van der Waals surface area contributed by atoms with Gasteiger partial charge in [0, 0.05) is 135 Å². The minimum Gasteiger partial charge on any atom is -0.410 e. The number of nitrogens with one attached hydrogen (secondary N) is 5. The number of pyridine rings is 3. The van der Waals surface area contributed by atoms with Crippen molar-refractivity contribution in [1.82, 2.24) is 58.7 Å². The number of Topliss-reactive ketones (excluding diaryl/α,β-unsaturated/α-hetero) is 3. The molecule has 12 rings (SSSR count). The lowest BCUT2D eigenvalue weighted by Crippen LogP contribution is -2.48. The predicted molar refractivity (Wildman–Crippen MR) is 387 cm³/mol. The van der Waals surface area contributed by atoms with E-state index in [0.29, 0.717) is 119 Å². The first-order chi connectivity index (χ1) is 48.3. The van der Waals surface area contributed by atoms with Gasteiger partial charge in [-0.3, -0.25) is 28.8 Å². The van der Waals surface area contributed by atoms with Crippen LogP contribution in [0.15, 0.2) is 134 Å². The number of H-pyrrole nitrogens is 2. The van der Waals surface area contributed by atoms with Gasteiger partial charge in [-0.05, 0) is 130 Å². The van der Waals surface area contributed by atoms with Crippen molar-refractivity contribution in [3.05, 3.63) is 168 Å². The van der Waals surface area contributed by atoms with Crippen LogP contribution in [0.4, 0.5) is 31.6 Å². The Morgan fingerprint density at radius 2 is 0.814 bits per heavy atom. The highest BCUT2D eigenvalue weighted by Crippen LogP contribution is 2.29. The van der Waals surface area contributed by atoms with Crippen LogP contribution in [0.2, 0.25) is 0 Å². The molecular formula is C75H87N15O12. The summed E-state index contributed by atoms with van der Waals surface area (Å²) in [5.74, 6) is 0.498. The Balaban J connectivity index is 0.000000165. The number of carbonyl (C=O) groups excluding carboxylic acids is 9. The molecule has 3 fully saturated rings. The average molecular weight is 1390 g/mol. The Kier molecular flexibility index (Phi) is 22.5. The average Bonchev–Trinajstić information content (AvgIpc) is 1.66. The van der Waals surface area contributed by atoms with Crippen molar-refractivity contribution in [3.63, 3.8) is 0 Å². The van der Waals surface area contributed by atoms with Crippen molar-refractivity contribution >= 4 is 98.1 Å². The molecule has 0 radical (unpaired) electrons. The molecule has 5 N–H and O–H groups in total. The van der Waals surface area contributed by atoms with Gasteiger partial charge in [0.25, 0.3) is 17.7 Å². The molecule has 102 heavy (non-hydrogen) atoms. The standard InChI is InChI=1S/3C25H29N5O4/c1-25(2,3)22(31)20-16-30-15-18(7-10-21(30)27-20)26-23(32)17-5-8-19(9-6-17)34-24(33)29-13-11-28(4)12-14-29;1-25(2,3)21(31)20-14-17-13-18(15-26-22(17)28-20)27-23(32)16-5-7-19(8-6-16)34-24(33)30-11-9-29(4)10-12-30;1-25(2,3)22(31)19-13-17-14-21(26-15-20(17)27-19)28-23(32)16-5-7-18(8-6-16)34-24(33)30-11-9-29(4)10-12-30/h5-10,15-16H,11-14H2,1-4H3,(H,26,32);5-8,13-15H,9-12H2,1-4H3,(H,26,28)(H,27,32);5-8,13-15,27H,9-12H2,1-4H3,(H,26,28,32). The lowest BCUT2D eigenvalue weighted by molar-refractivity contribution is 0.0848. The number of piperazine rings is 3. The summed E-state index contributed by atoms with van der Waals surface area (Å²) < 4.78 is 18.0. The fraction of sp³-hybridized carbons (Fsp3) is 0.360. The molecule has 3 saturated heterocycles. The van der Waals surface area contributed by atoms with Gasteiger partial charge in [0.1, 0.15) is 40.1 Å². The number of amides is 6. The van der Waals surface area contributed by atoms with Crippen LogP contribution in [-0.4, -0.2) is 212 Å². The van der Waals surface area contributed by atoms with Gasteiger partial charge in [-0.2, -0.15) is 0 Å². The SMILES string of the molecule is CN1CCN(C(=O)Oc2ccc(C(=O)Nc3cc4cc(C(=O)C(C)(C)C)[nH]c4cn3)cc2)CC1.CN1CCN(C(=O)Oc2ccc(C(=O)Nc3ccc4nc(C(=O)C(C)(C)C)cn4c3)cc2)CC1.CN1CCN(C(=O)Oc2ccc(C(=O)Nc3cnc4[nH]c(C(=O)C(C)(C)C)cc4c3)cc2)CC1. The maximum atomic E-state index is 12.7. The minimum absolute atomic E-state index is 0.00250. The van der Waals surface area contributed by atoms with E-state index in [0.717, 1.165) is 55.6 Å². The molecule has 534 valence electrons. The quantitative estimate of drug-likeness (QED) is 0.0710. The number of imidazole rings is 1. The van der Waals surface area contributed by atoms with E-state index in [1.807, 2.05) is 83.5 Å². The number of carbonyl (C=O) groups is 9. The number of rotatable bonds is 12. The summed E-state index contributed by atoms with van der Waals surface area (Å²) in [6, 6.07) is 29.7. The van der Waals surface area contributed by atoms with Gasteiger partial charge < -0.3 is 73.9 Å². The Morgan fingerprint density at radius 3 is 1.25 bits per heavy atom. The van der Waals surface area contributed by atoms with E-state index in [1.165, 1.54) is 6.20 Å². The second-order valence-electron chi connectivity index (χ2n) is 28.6. The van der Waals surface area contributed by atoms with Crippen LogP contribution in [-0.2, 0) is 0 Å². The van der Waals surface area contributed by atoms with Gasteiger partial charge >= 0.3 is 18.3 Å². The zero-order valence-corrected chi connectivity index (χ0v) is 59.6. The zero-order valence-electron chi connectivity index (χ0n) is 59.6. The van der Waals surface area contributed by atoms with E-state index in [-0.39, 0.29) is 47.3 Å². The van der Waals surface area contributed by atoms with Gasteiger partial charge in [0.2, 0.25) is 0 Å². The zero-order chi connectivity index (χ0) is 73.4. The van der Waals surface area contributed by atoms with Crippen LogP contribution >= 0.6 is 0 Å². The van der Waals surface area contributed by atoms with Crippen molar-refractivity contribution in [1.29, 1.82) is 0 Å². The normalized spacial score (nSPS) is 14.8. The van der Waals surface area contributed by atoms with Crippen molar-refractivity contribution in [2.75, 3.05) is 116 Å². The molecule has 3 aromatic carbocycles. The molecular weight excluding hydrogens is 1300 g/mol. The molecule has 6 aromatic heterocycles. The third-order valence-corrected chi connectivity index (χ3v) is 17.2. The number of anilines is 3. The number of aromatic nitrogens is 6. The summed E-state index contributed by atoms with van der Waals surface area (Å²) in [5, 5.41) is 9.94. The van der Waals surface area contributed by atoms with Crippen LogP contribution in [0.5, 0.6) is 17.2 Å². The third kappa shape index (κ3) is 19.0. The number of fused-ring (bicyclic) bond motifs is 3. The second kappa shape index (κ2) is 31.2. The van der Waals surface area contributed by atoms with Crippen molar-refractivity contribution in [3.8, 4) is 17.2 Å². The summed E-state index contributed by atoms with van der Waals surface area (Å²) >= 11 is 0. The topological polar surface area (TPSA) is 312 Å². The van der Waals surface area contributed by atoms with E-state index in [1.54, 1.807) is 147 Å². The van der Waals surface area contributed by atoms with Crippen LogP contribution in [0, 0.1) is 16.2 Å². The molecule has 3 aliphatic heterocycles. The van der Waals surface area contributed by atoms with Crippen LogP contribution < -0.4 is 30.2 Å². The molecule has 0 saturated carbocycles. The fourth-order valence-corrected chi connectivity index (χ4v) is 10.9. The number of likely N-dealkylation sites (N-methyl/N-ethyl adjacent to an activating group) is 3. The van der Waals surface area contributed by atoms with Crippen molar-refractivity contribution in [2.45, 2.75) is 62.3 Å². The highest BCUT2D eigenvalue weighted by Gasteiger charge is 2.29. The molecule has 27 nitrogen and oxygen atoms in total. The molecule has 0 spiro atoms. The van der Waals surface area contributed by atoms with Crippen LogP contribution in [0.1, 0.15) is 125 Å². The summed E-state index contributed by atoms with van der Waals surface area (Å²) in [4.78, 5) is 143. The molecule has 0 bridgehead atoms. The van der Waals surface area contributed by atoms with Gasteiger partial charge in [-0.25, -0.2) is 29.3 Å². The second-order valence-corrected chi connectivity index (χ2v) is 28.6. The number of aromatic amines is 2. The Labute approximate surface area is 590 Å². The smallest absolute Gasteiger partial charge is 0.410 e. The number of benzene rings is 3. The van der Waals surface area contributed by atoms with Crippen LogP contribution in [0.25, 0.3) is 27.6 Å². The van der Waals surface area contributed by atoms with E-state index in [4.69, 9.17) is 14.2 Å². The summed E-state index contributed by atoms with van der Waals surface area (Å²) in [5.41, 5.74) is 4.08. The van der Waals surface area contributed by atoms with Crippen molar-refractivity contribution < 1.29 is 57.4 Å². The number of ketones is 3. The highest BCUT2D eigenvalue weighted by atomic mass is 16.6. The Bertz CT molecular complexity index is 4120. The third-order valence-electron chi connectivity index (χ3n) is 17.2. The molecule has 27 heteroatoms. The van der Waals surface area contributed by atoms with E-state index >= 15 is 0 Å². The number of ether oxygens (including phenoxy) is 3. The van der Waals surface area contributed by atoms with Gasteiger partial charge in [0.05, 0.1) is 40.7 Å². The fourth-order valence-electron chi connectivity index (χ4n) is 10.9. The molecule has 9 aromatic rings. The maximum absolute atomic E-state index is 12.7. The lowest BCUT2D eigenvalue weighted by atomic mass is 9.89. The highest BCUT2D eigenvalue weighted by molar-refractivity contribution is 6.08. The van der Waals surface area contributed by atoms with Gasteiger partial charge in [0.15, 0.2) is 17.3 Å². The molecule has 3 aliphatic rings.